The molecule has 0 unspecified atom stereocenters. The lowest BCUT2D eigenvalue weighted by molar-refractivity contribution is 0.0496. The number of amides is 1. The summed E-state index contributed by atoms with van der Waals surface area (Å²) < 4.78 is 5.24. The molecule has 0 spiro atoms. The van der Waals surface area contributed by atoms with Crippen LogP contribution >= 0.6 is 0 Å². The average molecular weight is 311 g/mol. The third-order valence-corrected chi connectivity index (χ3v) is 3.56. The van der Waals surface area contributed by atoms with E-state index in [1.165, 1.54) is 4.90 Å². The molecule has 0 aromatic heterocycles. The summed E-state index contributed by atoms with van der Waals surface area (Å²) in [7, 11) is 1.69. The van der Waals surface area contributed by atoms with Gasteiger partial charge in [-0.1, -0.05) is 43.7 Å². The first kappa shape index (κ1) is 16.7. The number of carbonyl (C=O) groups excluding carboxylic acids is 2. The highest BCUT2D eigenvalue weighted by Crippen LogP contribution is 2.18. The Labute approximate surface area is 136 Å². The number of esters is 1. The molecular weight excluding hydrogens is 290 g/mol. The molecular formula is C19H21NO3. The smallest absolute Gasteiger partial charge is 0.338 e. The van der Waals surface area contributed by atoms with Gasteiger partial charge in [0.05, 0.1) is 17.7 Å². The first-order chi connectivity index (χ1) is 11.1. The minimum absolute atomic E-state index is 0.237. The maximum Gasteiger partial charge on any atom is 0.338 e. The van der Waals surface area contributed by atoms with Crippen LogP contribution in [0.3, 0.4) is 0 Å². The van der Waals surface area contributed by atoms with Gasteiger partial charge in [0.15, 0.2) is 0 Å². The highest BCUT2D eigenvalue weighted by Gasteiger charge is 2.21. The summed E-state index contributed by atoms with van der Waals surface area (Å²) in [5.74, 6) is -0.692. The lowest BCUT2D eigenvalue weighted by atomic mass is 10.1. The standard InChI is InChI=1S/C19H21NO3/c1-3-4-14-23-19(22)17-13-9-8-12-16(17)18(21)20(2)15-10-6-5-7-11-15/h5-13H,3-4,14H2,1-2H3. The maximum atomic E-state index is 12.7. The van der Waals surface area contributed by atoms with Gasteiger partial charge in [-0.2, -0.15) is 0 Å². The topological polar surface area (TPSA) is 46.6 Å². The van der Waals surface area contributed by atoms with E-state index >= 15 is 0 Å². The summed E-state index contributed by atoms with van der Waals surface area (Å²) in [6, 6.07) is 16.1. The molecule has 2 aromatic carbocycles. The zero-order valence-corrected chi connectivity index (χ0v) is 13.5. The van der Waals surface area contributed by atoms with Crippen LogP contribution in [0.25, 0.3) is 0 Å². The number of anilines is 1. The molecule has 1 amide bonds. The number of nitrogens with zero attached hydrogens (tertiary/aromatic N) is 1. The second-order valence-electron chi connectivity index (χ2n) is 5.23. The maximum absolute atomic E-state index is 12.7. The lowest BCUT2D eigenvalue weighted by Gasteiger charge is -2.18. The minimum Gasteiger partial charge on any atom is -0.462 e. The van der Waals surface area contributed by atoms with E-state index in [1.54, 1.807) is 31.3 Å². The highest BCUT2D eigenvalue weighted by atomic mass is 16.5. The molecule has 0 N–H and O–H groups in total. The van der Waals surface area contributed by atoms with Crippen molar-refractivity contribution in [1.82, 2.24) is 0 Å². The predicted octanol–water partition coefficient (Wildman–Crippen LogP) is 3.92. The van der Waals surface area contributed by atoms with Crippen LogP contribution in [0.1, 0.15) is 40.5 Å². The summed E-state index contributed by atoms with van der Waals surface area (Å²) >= 11 is 0. The molecule has 23 heavy (non-hydrogen) atoms. The molecule has 0 bridgehead atoms. The zero-order valence-electron chi connectivity index (χ0n) is 13.5. The van der Waals surface area contributed by atoms with Crippen LogP contribution in [0.5, 0.6) is 0 Å². The van der Waals surface area contributed by atoms with Crippen molar-refractivity contribution in [2.45, 2.75) is 19.8 Å². The van der Waals surface area contributed by atoms with Gasteiger partial charge in [-0.15, -0.1) is 0 Å². The van der Waals surface area contributed by atoms with Gasteiger partial charge in [0.25, 0.3) is 5.91 Å². The molecule has 0 aliphatic rings. The second-order valence-corrected chi connectivity index (χ2v) is 5.23. The van der Waals surface area contributed by atoms with Crippen molar-refractivity contribution in [1.29, 1.82) is 0 Å². The fraction of sp³-hybridized carbons (Fsp3) is 0.263. The molecule has 0 saturated carbocycles. The summed E-state index contributed by atoms with van der Waals surface area (Å²) in [6.07, 6.45) is 1.76. The summed E-state index contributed by atoms with van der Waals surface area (Å²) in [6.45, 7) is 2.40. The van der Waals surface area contributed by atoms with Crippen molar-refractivity contribution in [2.75, 3.05) is 18.6 Å². The number of unbranched alkanes of at least 4 members (excludes halogenated alkanes) is 1. The quantitative estimate of drug-likeness (QED) is 0.600. The fourth-order valence-corrected chi connectivity index (χ4v) is 2.18. The molecule has 0 aliphatic carbocycles. The van der Waals surface area contributed by atoms with Crippen molar-refractivity contribution in [3.05, 3.63) is 65.7 Å². The predicted molar refractivity (Wildman–Crippen MR) is 90.8 cm³/mol. The summed E-state index contributed by atoms with van der Waals surface area (Å²) in [5.41, 5.74) is 1.42. The van der Waals surface area contributed by atoms with Crippen LogP contribution in [0, 0.1) is 0 Å². The Hall–Kier alpha value is -2.62. The van der Waals surface area contributed by atoms with E-state index in [9.17, 15) is 9.59 Å². The van der Waals surface area contributed by atoms with E-state index in [4.69, 9.17) is 4.74 Å². The monoisotopic (exact) mass is 311 g/mol. The molecule has 0 aliphatic heterocycles. The Morgan fingerprint density at radius 3 is 2.22 bits per heavy atom. The van der Waals surface area contributed by atoms with Gasteiger partial charge in [-0.25, -0.2) is 4.79 Å². The van der Waals surface area contributed by atoms with E-state index in [1.807, 2.05) is 37.3 Å². The number of hydrogen-bond acceptors (Lipinski definition) is 3. The Morgan fingerprint density at radius 2 is 1.57 bits per heavy atom. The fourth-order valence-electron chi connectivity index (χ4n) is 2.18. The molecule has 0 heterocycles. The normalized spacial score (nSPS) is 10.2. The first-order valence-corrected chi connectivity index (χ1v) is 7.74. The van der Waals surface area contributed by atoms with Gasteiger partial charge in [0, 0.05) is 12.7 Å². The van der Waals surface area contributed by atoms with Gasteiger partial charge in [-0.3, -0.25) is 4.79 Å². The van der Waals surface area contributed by atoms with Gasteiger partial charge >= 0.3 is 5.97 Å². The minimum atomic E-state index is -0.455. The molecule has 0 atom stereocenters. The average Bonchev–Trinajstić information content (AvgIpc) is 2.61. The van der Waals surface area contributed by atoms with Crippen LogP contribution in [-0.4, -0.2) is 25.5 Å². The first-order valence-electron chi connectivity index (χ1n) is 7.74. The van der Waals surface area contributed by atoms with Gasteiger partial charge < -0.3 is 9.64 Å². The number of benzene rings is 2. The Kier molecular flexibility index (Phi) is 5.92. The number of hydrogen-bond donors (Lipinski definition) is 0. The molecule has 2 rings (SSSR count). The highest BCUT2D eigenvalue weighted by molar-refractivity contribution is 6.11. The van der Waals surface area contributed by atoms with Crippen LogP contribution in [0.4, 0.5) is 5.69 Å². The van der Waals surface area contributed by atoms with Gasteiger partial charge in [0.1, 0.15) is 0 Å². The van der Waals surface area contributed by atoms with E-state index in [2.05, 4.69) is 0 Å². The van der Waals surface area contributed by atoms with Crippen LogP contribution in [-0.2, 0) is 4.74 Å². The molecule has 0 saturated heterocycles. The molecule has 0 radical (unpaired) electrons. The van der Waals surface area contributed by atoms with Gasteiger partial charge in [-0.05, 0) is 30.7 Å². The zero-order chi connectivity index (χ0) is 16.7. The third kappa shape index (κ3) is 4.19. The van der Waals surface area contributed by atoms with Gasteiger partial charge in [0.2, 0.25) is 0 Å². The number of carbonyl (C=O) groups is 2. The Bertz CT molecular complexity index is 667. The molecule has 2 aromatic rings. The summed E-state index contributed by atoms with van der Waals surface area (Å²) in [5, 5.41) is 0. The van der Waals surface area contributed by atoms with Crippen molar-refractivity contribution in [2.24, 2.45) is 0 Å². The molecule has 0 fully saturated rings. The van der Waals surface area contributed by atoms with Crippen LogP contribution < -0.4 is 4.90 Å². The Balaban J connectivity index is 2.22. The molecule has 4 nitrogen and oxygen atoms in total. The lowest BCUT2D eigenvalue weighted by Crippen LogP contribution is -2.28. The van der Waals surface area contributed by atoms with Crippen LogP contribution in [0.2, 0.25) is 0 Å². The third-order valence-electron chi connectivity index (χ3n) is 3.56. The molecule has 4 heteroatoms. The van der Waals surface area contributed by atoms with Crippen LogP contribution in [0.15, 0.2) is 54.6 Å². The van der Waals surface area contributed by atoms with E-state index in [-0.39, 0.29) is 5.91 Å². The summed E-state index contributed by atoms with van der Waals surface area (Å²) in [4.78, 5) is 26.5. The van der Waals surface area contributed by atoms with Crippen molar-refractivity contribution >= 4 is 17.6 Å². The van der Waals surface area contributed by atoms with Crippen molar-refractivity contribution in [3.63, 3.8) is 0 Å². The molecule has 120 valence electrons. The number of ether oxygens (including phenoxy) is 1. The van der Waals surface area contributed by atoms with Crippen molar-refractivity contribution < 1.29 is 14.3 Å². The van der Waals surface area contributed by atoms with E-state index in [0.717, 1.165) is 18.5 Å². The van der Waals surface area contributed by atoms with Crippen molar-refractivity contribution in [3.8, 4) is 0 Å². The second kappa shape index (κ2) is 8.13. The number of rotatable bonds is 6. The SMILES string of the molecule is CCCCOC(=O)c1ccccc1C(=O)N(C)c1ccccc1. The van der Waals surface area contributed by atoms with E-state index in [0.29, 0.717) is 17.7 Å². The van der Waals surface area contributed by atoms with E-state index < -0.39 is 5.97 Å². The largest absolute Gasteiger partial charge is 0.462 e. The number of para-hydroxylation sites is 1. The Morgan fingerprint density at radius 1 is 0.957 bits per heavy atom.